The highest BCUT2D eigenvalue weighted by Gasteiger charge is 2.02. The maximum atomic E-state index is 5.88. The van der Waals surface area contributed by atoms with Gasteiger partial charge in [-0.05, 0) is 84.9 Å². The second kappa shape index (κ2) is 8.18. The second-order valence-corrected chi connectivity index (χ2v) is 6.13. The van der Waals surface area contributed by atoms with E-state index in [-0.39, 0.29) is 0 Å². The lowest BCUT2D eigenvalue weighted by atomic mass is 10.3. The van der Waals surface area contributed by atoms with Gasteiger partial charge in [0.1, 0.15) is 34.5 Å². The predicted molar refractivity (Wildman–Crippen MR) is 110 cm³/mol. The van der Waals surface area contributed by atoms with Crippen molar-refractivity contribution in [3.05, 3.63) is 103 Å². The second-order valence-electron chi connectivity index (χ2n) is 6.13. The smallest absolute Gasteiger partial charge is 0.127 e. The molecule has 4 heteroatoms. The number of hydrogen-bond acceptors (Lipinski definition) is 4. The molecule has 4 aromatic rings. The average molecular weight is 369 g/mol. The van der Waals surface area contributed by atoms with Crippen LogP contribution in [-0.4, -0.2) is 0 Å². The van der Waals surface area contributed by atoms with Crippen LogP contribution in [0.25, 0.3) is 0 Å². The van der Waals surface area contributed by atoms with E-state index in [1.807, 2.05) is 91.0 Å². The molecule has 0 aliphatic heterocycles. The van der Waals surface area contributed by atoms with Gasteiger partial charge in [-0.1, -0.05) is 18.2 Å². The SMILES string of the molecule is Nc1ccc(Oc2ccc(Oc3ccc(Oc4ccccc4)cc3)cc2)cc1. The fourth-order valence-electron chi connectivity index (χ4n) is 2.58. The van der Waals surface area contributed by atoms with Crippen molar-refractivity contribution in [2.45, 2.75) is 0 Å². The van der Waals surface area contributed by atoms with Gasteiger partial charge in [0.2, 0.25) is 0 Å². The molecule has 0 aliphatic carbocycles. The van der Waals surface area contributed by atoms with E-state index >= 15 is 0 Å². The number of ether oxygens (including phenoxy) is 3. The average Bonchev–Trinajstić information content (AvgIpc) is 2.73. The Morgan fingerprint density at radius 2 is 0.643 bits per heavy atom. The minimum Gasteiger partial charge on any atom is -0.457 e. The number of nitrogen functional groups attached to an aromatic ring is 1. The Labute approximate surface area is 163 Å². The van der Waals surface area contributed by atoms with Crippen molar-refractivity contribution in [2.75, 3.05) is 5.73 Å². The molecule has 4 aromatic carbocycles. The summed E-state index contributed by atoms with van der Waals surface area (Å²) in [6.07, 6.45) is 0. The molecule has 28 heavy (non-hydrogen) atoms. The van der Waals surface area contributed by atoms with E-state index in [1.54, 1.807) is 12.1 Å². The maximum absolute atomic E-state index is 5.88. The molecule has 0 amide bonds. The highest BCUT2D eigenvalue weighted by molar-refractivity contribution is 5.44. The van der Waals surface area contributed by atoms with Gasteiger partial charge in [0, 0.05) is 5.69 Å². The van der Waals surface area contributed by atoms with Crippen molar-refractivity contribution in [1.82, 2.24) is 0 Å². The summed E-state index contributed by atoms with van der Waals surface area (Å²) in [6, 6.07) is 31.9. The monoisotopic (exact) mass is 369 g/mol. The zero-order valence-electron chi connectivity index (χ0n) is 15.1. The molecule has 0 saturated carbocycles. The third-order valence-electron chi connectivity index (χ3n) is 3.98. The Bertz CT molecular complexity index is 1010. The molecule has 4 rings (SSSR count). The quantitative estimate of drug-likeness (QED) is 0.387. The van der Waals surface area contributed by atoms with Gasteiger partial charge in [-0.2, -0.15) is 0 Å². The van der Waals surface area contributed by atoms with Crippen LogP contribution in [0.5, 0.6) is 34.5 Å². The summed E-state index contributed by atoms with van der Waals surface area (Å²) in [7, 11) is 0. The molecule has 0 bridgehead atoms. The van der Waals surface area contributed by atoms with E-state index in [1.165, 1.54) is 0 Å². The largest absolute Gasteiger partial charge is 0.457 e. The van der Waals surface area contributed by atoms with Gasteiger partial charge in [-0.25, -0.2) is 0 Å². The lowest BCUT2D eigenvalue weighted by molar-refractivity contribution is 0.464. The summed E-state index contributed by atoms with van der Waals surface area (Å²) in [5.41, 5.74) is 6.39. The Balaban J connectivity index is 1.36. The summed E-state index contributed by atoms with van der Waals surface area (Å²) < 4.78 is 17.4. The van der Waals surface area contributed by atoms with E-state index < -0.39 is 0 Å². The Morgan fingerprint density at radius 3 is 1.00 bits per heavy atom. The molecule has 0 radical (unpaired) electrons. The lowest BCUT2D eigenvalue weighted by Gasteiger charge is -2.09. The summed E-state index contributed by atoms with van der Waals surface area (Å²) >= 11 is 0. The highest BCUT2D eigenvalue weighted by Crippen LogP contribution is 2.29. The summed E-state index contributed by atoms with van der Waals surface area (Å²) in [6.45, 7) is 0. The fraction of sp³-hybridized carbons (Fsp3) is 0. The van der Waals surface area contributed by atoms with Gasteiger partial charge in [0.25, 0.3) is 0 Å². The van der Waals surface area contributed by atoms with Crippen LogP contribution in [0.2, 0.25) is 0 Å². The van der Waals surface area contributed by atoms with Gasteiger partial charge in [-0.15, -0.1) is 0 Å². The van der Waals surface area contributed by atoms with Gasteiger partial charge < -0.3 is 19.9 Å². The van der Waals surface area contributed by atoms with Crippen molar-refractivity contribution >= 4 is 5.69 Å². The molecule has 0 heterocycles. The molecular formula is C24H19NO3. The van der Waals surface area contributed by atoms with Gasteiger partial charge >= 0.3 is 0 Å². The Kier molecular flexibility index (Phi) is 5.11. The van der Waals surface area contributed by atoms with Crippen LogP contribution in [0.1, 0.15) is 0 Å². The molecule has 138 valence electrons. The normalized spacial score (nSPS) is 10.3. The van der Waals surface area contributed by atoms with Crippen molar-refractivity contribution < 1.29 is 14.2 Å². The highest BCUT2D eigenvalue weighted by atomic mass is 16.5. The van der Waals surface area contributed by atoms with Crippen LogP contribution < -0.4 is 19.9 Å². The van der Waals surface area contributed by atoms with E-state index in [0.29, 0.717) is 5.69 Å². The zero-order chi connectivity index (χ0) is 19.2. The first-order valence-electron chi connectivity index (χ1n) is 8.89. The minimum absolute atomic E-state index is 0.705. The molecule has 0 spiro atoms. The Morgan fingerprint density at radius 1 is 0.357 bits per heavy atom. The van der Waals surface area contributed by atoms with Crippen molar-refractivity contribution in [1.29, 1.82) is 0 Å². The lowest BCUT2D eigenvalue weighted by Crippen LogP contribution is -1.88. The molecule has 0 fully saturated rings. The third kappa shape index (κ3) is 4.62. The predicted octanol–water partition coefficient (Wildman–Crippen LogP) is 6.65. The first kappa shape index (κ1) is 17.5. The standard InChI is InChI=1S/C24H19NO3/c25-18-6-8-20(9-7-18)27-22-14-16-24(17-15-22)28-23-12-10-21(11-13-23)26-19-4-2-1-3-5-19/h1-17H,25H2. The summed E-state index contributed by atoms with van der Waals surface area (Å²) in [4.78, 5) is 0. The van der Waals surface area contributed by atoms with Crippen LogP contribution in [0, 0.1) is 0 Å². The van der Waals surface area contributed by atoms with Gasteiger partial charge in [0.05, 0.1) is 0 Å². The molecule has 0 atom stereocenters. The molecular weight excluding hydrogens is 350 g/mol. The van der Waals surface area contributed by atoms with E-state index in [2.05, 4.69) is 0 Å². The van der Waals surface area contributed by atoms with Crippen LogP contribution in [0.4, 0.5) is 5.69 Å². The Hall–Kier alpha value is -3.92. The van der Waals surface area contributed by atoms with Crippen molar-refractivity contribution in [3.63, 3.8) is 0 Å². The fourth-order valence-corrected chi connectivity index (χ4v) is 2.58. The summed E-state index contributed by atoms with van der Waals surface area (Å²) in [5.74, 6) is 4.47. The first-order chi connectivity index (χ1) is 13.7. The van der Waals surface area contributed by atoms with Crippen LogP contribution in [0.15, 0.2) is 103 Å². The number of hydrogen-bond donors (Lipinski definition) is 1. The van der Waals surface area contributed by atoms with Crippen molar-refractivity contribution in [2.24, 2.45) is 0 Å². The number of rotatable bonds is 6. The molecule has 4 nitrogen and oxygen atoms in total. The zero-order valence-corrected chi connectivity index (χ0v) is 15.1. The minimum atomic E-state index is 0.705. The number of nitrogens with two attached hydrogens (primary N) is 1. The van der Waals surface area contributed by atoms with Crippen LogP contribution in [-0.2, 0) is 0 Å². The molecule has 2 N–H and O–H groups in total. The van der Waals surface area contributed by atoms with Crippen LogP contribution in [0.3, 0.4) is 0 Å². The molecule has 0 unspecified atom stereocenters. The van der Waals surface area contributed by atoms with E-state index in [0.717, 1.165) is 34.5 Å². The van der Waals surface area contributed by atoms with Gasteiger partial charge in [0.15, 0.2) is 0 Å². The molecule has 0 aliphatic rings. The molecule has 0 saturated heterocycles. The topological polar surface area (TPSA) is 53.7 Å². The van der Waals surface area contributed by atoms with Gasteiger partial charge in [-0.3, -0.25) is 0 Å². The van der Waals surface area contributed by atoms with E-state index in [9.17, 15) is 0 Å². The number of benzene rings is 4. The maximum Gasteiger partial charge on any atom is 0.127 e. The van der Waals surface area contributed by atoms with E-state index in [4.69, 9.17) is 19.9 Å². The van der Waals surface area contributed by atoms with Crippen LogP contribution >= 0.6 is 0 Å². The number of para-hydroxylation sites is 1. The first-order valence-corrected chi connectivity index (χ1v) is 8.89. The summed E-state index contributed by atoms with van der Waals surface area (Å²) in [5, 5.41) is 0. The third-order valence-corrected chi connectivity index (χ3v) is 3.98. The van der Waals surface area contributed by atoms with Crippen molar-refractivity contribution in [3.8, 4) is 34.5 Å². The molecule has 0 aromatic heterocycles. The number of anilines is 1.